The third kappa shape index (κ3) is 5.80. The fourth-order valence-electron chi connectivity index (χ4n) is 5.12. The number of nitrogens with zero attached hydrogens (tertiary/aromatic N) is 3. The van der Waals surface area contributed by atoms with Crippen molar-refractivity contribution in [3.05, 3.63) is 76.9 Å². The van der Waals surface area contributed by atoms with E-state index in [2.05, 4.69) is 15.9 Å². The maximum Gasteiger partial charge on any atom is 0.261 e. The Balaban J connectivity index is 0.00000320. The summed E-state index contributed by atoms with van der Waals surface area (Å²) in [5, 5.41) is 12.2. The van der Waals surface area contributed by atoms with Gasteiger partial charge in [0, 0.05) is 62.3 Å². The number of hydrogen-bond donors (Lipinski definition) is 1. The van der Waals surface area contributed by atoms with Gasteiger partial charge in [-0.05, 0) is 48.6 Å². The number of aliphatic hydroxyl groups is 1. The van der Waals surface area contributed by atoms with Crippen molar-refractivity contribution in [1.29, 1.82) is 0 Å². The van der Waals surface area contributed by atoms with Gasteiger partial charge < -0.3 is 22.3 Å². The molecule has 0 radical (unpaired) electrons. The van der Waals surface area contributed by atoms with E-state index >= 15 is 0 Å². The summed E-state index contributed by atoms with van der Waals surface area (Å²) in [5.41, 5.74) is 3.40. The van der Waals surface area contributed by atoms with Crippen molar-refractivity contribution in [2.24, 2.45) is 0 Å². The number of imide groups is 1. The molecule has 2 heterocycles. The van der Waals surface area contributed by atoms with Crippen molar-refractivity contribution in [2.75, 3.05) is 52.4 Å². The lowest BCUT2D eigenvalue weighted by atomic mass is 9.94. The first-order valence-electron chi connectivity index (χ1n) is 12.6. The Kier molecular flexibility index (Phi) is 8.49. The minimum absolute atomic E-state index is 0. The van der Waals surface area contributed by atoms with Crippen molar-refractivity contribution in [3.63, 3.8) is 0 Å². The molecule has 0 spiro atoms. The summed E-state index contributed by atoms with van der Waals surface area (Å²) in [6.07, 6.45) is -0.567. The predicted molar refractivity (Wildman–Crippen MR) is 140 cm³/mol. The van der Waals surface area contributed by atoms with Gasteiger partial charge in [0.2, 0.25) is 0 Å². The molecule has 1 unspecified atom stereocenters. The van der Waals surface area contributed by atoms with E-state index in [0.717, 1.165) is 53.8 Å². The monoisotopic (exact) mass is 522 g/mol. The van der Waals surface area contributed by atoms with Crippen molar-refractivity contribution in [3.8, 4) is 5.75 Å². The molecule has 8 heteroatoms. The summed E-state index contributed by atoms with van der Waals surface area (Å²) in [4.78, 5) is 32.1. The van der Waals surface area contributed by atoms with E-state index in [-0.39, 0.29) is 30.8 Å². The molecule has 2 amide bonds. The molecule has 196 valence electrons. The summed E-state index contributed by atoms with van der Waals surface area (Å²) < 4.78 is 5.86. The van der Waals surface area contributed by atoms with Gasteiger partial charge in [-0.2, -0.15) is 0 Å². The highest BCUT2D eigenvalue weighted by molar-refractivity contribution is 6.25. The molecule has 2 aliphatic rings. The Morgan fingerprint density at radius 1 is 0.865 bits per heavy atom. The predicted octanol–water partition coefficient (Wildman–Crippen LogP) is 0.114. The van der Waals surface area contributed by atoms with Crippen LogP contribution in [0.25, 0.3) is 10.8 Å². The fraction of sp³-hybridized carbons (Fsp3) is 0.379. The third-order valence-electron chi connectivity index (χ3n) is 7.20. The molecule has 0 aromatic heterocycles. The zero-order valence-electron chi connectivity index (χ0n) is 21.3. The van der Waals surface area contributed by atoms with Gasteiger partial charge in [0.15, 0.2) is 0 Å². The molecule has 37 heavy (non-hydrogen) atoms. The number of ether oxygens (including phenoxy) is 1. The number of carbonyl (C=O) groups excluding carboxylic acids is 2. The van der Waals surface area contributed by atoms with E-state index in [1.165, 1.54) is 4.90 Å². The van der Waals surface area contributed by atoms with Gasteiger partial charge in [-0.3, -0.25) is 24.3 Å². The van der Waals surface area contributed by atoms with Crippen molar-refractivity contribution in [2.45, 2.75) is 20.0 Å². The summed E-state index contributed by atoms with van der Waals surface area (Å²) in [6, 6.07) is 17.3. The van der Waals surface area contributed by atoms with Crippen LogP contribution < -0.4 is 17.1 Å². The second-order valence-electron chi connectivity index (χ2n) is 9.85. The quantitative estimate of drug-likeness (QED) is 0.424. The van der Waals surface area contributed by atoms with Gasteiger partial charge in [0.1, 0.15) is 18.5 Å². The molecule has 0 saturated carbocycles. The second-order valence-corrected chi connectivity index (χ2v) is 9.85. The van der Waals surface area contributed by atoms with Crippen LogP contribution in [0.2, 0.25) is 0 Å². The lowest BCUT2D eigenvalue weighted by Gasteiger charge is -2.36. The molecule has 7 nitrogen and oxygen atoms in total. The summed E-state index contributed by atoms with van der Waals surface area (Å²) in [5.74, 6) is 0.393. The van der Waals surface area contributed by atoms with Crippen LogP contribution in [0.15, 0.2) is 54.6 Å². The molecule has 1 saturated heterocycles. The highest BCUT2D eigenvalue weighted by Crippen LogP contribution is 2.29. The lowest BCUT2D eigenvalue weighted by Crippen LogP contribution is -3.00. The van der Waals surface area contributed by atoms with Gasteiger partial charge in [-0.15, -0.1) is 0 Å². The number of hydrogen-bond acceptors (Lipinski definition) is 6. The number of carbonyl (C=O) groups is 2. The highest BCUT2D eigenvalue weighted by atomic mass is 35.5. The number of aliphatic hydroxyl groups excluding tert-OH is 1. The molecule has 3 aromatic rings. The maximum atomic E-state index is 13.1. The van der Waals surface area contributed by atoms with Gasteiger partial charge in [0.25, 0.3) is 11.8 Å². The van der Waals surface area contributed by atoms with Crippen LogP contribution in [0.5, 0.6) is 5.75 Å². The molecule has 0 aliphatic carbocycles. The standard InChI is InChI=1S/C29H33N3O4.ClH/c1-20-9-10-21(2)26(17-20)36-19-23(33)18-31-13-11-30(12-14-31)15-16-32-28(34)24-7-3-5-22-6-4-8-25(27(22)24)29(32)35;/h3-10,17,23,33H,11-16,18-19H2,1-2H3;1H/p-1. The minimum atomic E-state index is -0.567. The van der Waals surface area contributed by atoms with Crippen LogP contribution in [-0.4, -0.2) is 90.1 Å². The van der Waals surface area contributed by atoms with Gasteiger partial charge in [-0.1, -0.05) is 36.4 Å². The first-order chi connectivity index (χ1) is 17.4. The number of rotatable bonds is 8. The lowest BCUT2D eigenvalue weighted by molar-refractivity contribution is -0.0000341. The smallest absolute Gasteiger partial charge is 0.261 e. The normalized spacial score (nSPS) is 17.1. The van der Waals surface area contributed by atoms with Gasteiger partial charge >= 0.3 is 0 Å². The number of amides is 2. The first kappa shape index (κ1) is 27.1. The molecule has 0 bridgehead atoms. The maximum absolute atomic E-state index is 13.1. The zero-order valence-corrected chi connectivity index (χ0v) is 22.1. The minimum Gasteiger partial charge on any atom is -1.00 e. The largest absolute Gasteiger partial charge is 1.00 e. The summed E-state index contributed by atoms with van der Waals surface area (Å²) >= 11 is 0. The molecular formula is C29H33ClN3O4-. The van der Waals surface area contributed by atoms with Crippen LogP contribution in [-0.2, 0) is 0 Å². The number of halogens is 1. The van der Waals surface area contributed by atoms with E-state index in [9.17, 15) is 14.7 Å². The van der Waals surface area contributed by atoms with Crippen molar-refractivity contribution < 1.29 is 31.8 Å². The van der Waals surface area contributed by atoms with Crippen LogP contribution >= 0.6 is 0 Å². The van der Waals surface area contributed by atoms with Crippen LogP contribution in [0.4, 0.5) is 0 Å². The van der Waals surface area contributed by atoms with Crippen molar-refractivity contribution in [1.82, 2.24) is 14.7 Å². The van der Waals surface area contributed by atoms with Crippen LogP contribution in [0, 0.1) is 13.8 Å². The molecule has 1 atom stereocenters. The average Bonchev–Trinajstić information content (AvgIpc) is 2.88. The fourth-order valence-corrected chi connectivity index (χ4v) is 5.12. The Hall–Kier alpha value is -2.97. The second kappa shape index (κ2) is 11.6. The molecule has 3 aromatic carbocycles. The summed E-state index contributed by atoms with van der Waals surface area (Å²) in [6.45, 7) is 9.16. The van der Waals surface area contributed by atoms with E-state index in [4.69, 9.17) is 4.74 Å². The Morgan fingerprint density at radius 2 is 1.49 bits per heavy atom. The van der Waals surface area contributed by atoms with Gasteiger partial charge in [-0.25, -0.2) is 0 Å². The van der Waals surface area contributed by atoms with Crippen molar-refractivity contribution >= 4 is 22.6 Å². The molecule has 1 N–H and O–H groups in total. The summed E-state index contributed by atoms with van der Waals surface area (Å²) in [7, 11) is 0. The Bertz CT molecular complexity index is 1240. The number of aryl methyl sites for hydroxylation is 2. The number of piperazine rings is 1. The molecule has 2 aliphatic heterocycles. The van der Waals surface area contributed by atoms with Gasteiger partial charge in [0.05, 0.1) is 0 Å². The number of benzene rings is 3. The Morgan fingerprint density at radius 3 is 2.14 bits per heavy atom. The van der Waals surface area contributed by atoms with E-state index in [1.807, 2.05) is 62.4 Å². The molecular weight excluding hydrogens is 490 g/mol. The SMILES string of the molecule is Cc1ccc(C)c(OCC(O)CN2CCN(CCN3C(=O)c4cccc5cccc(c45)C3=O)CC2)c1.[Cl-]. The molecule has 5 rings (SSSR count). The zero-order chi connectivity index (χ0) is 25.2. The van der Waals surface area contributed by atoms with E-state index in [0.29, 0.717) is 30.8 Å². The third-order valence-corrected chi connectivity index (χ3v) is 7.20. The first-order valence-corrected chi connectivity index (χ1v) is 12.6. The van der Waals surface area contributed by atoms with E-state index in [1.54, 1.807) is 0 Å². The van der Waals surface area contributed by atoms with E-state index < -0.39 is 6.10 Å². The van der Waals surface area contributed by atoms with Crippen LogP contribution in [0.1, 0.15) is 31.8 Å². The topological polar surface area (TPSA) is 73.3 Å². The highest BCUT2D eigenvalue weighted by Gasteiger charge is 2.33. The number of β-amino-alcohol motifs (C(OH)–C–C–N with tert-alkyl or cyclic N) is 1. The Labute approximate surface area is 224 Å². The average molecular weight is 523 g/mol. The van der Waals surface area contributed by atoms with Crippen LogP contribution in [0.3, 0.4) is 0 Å². The molecule has 1 fully saturated rings.